The highest BCUT2D eigenvalue weighted by molar-refractivity contribution is 6.05. The largest absolute Gasteiger partial charge is 0.382 e. The van der Waals surface area contributed by atoms with Gasteiger partial charge in [-0.1, -0.05) is 18.2 Å². The minimum absolute atomic E-state index is 0.175. The highest BCUT2D eigenvalue weighted by Crippen LogP contribution is 2.22. The molecule has 0 unspecified atom stereocenters. The van der Waals surface area contributed by atoms with Gasteiger partial charge in [-0.15, -0.1) is 0 Å². The van der Waals surface area contributed by atoms with Crippen LogP contribution in [0.4, 0.5) is 4.39 Å². The molecule has 2 heterocycles. The van der Waals surface area contributed by atoms with Gasteiger partial charge in [-0.3, -0.25) is 15.1 Å². The van der Waals surface area contributed by atoms with Gasteiger partial charge in [-0.25, -0.2) is 4.39 Å². The first-order chi connectivity index (χ1) is 9.66. The lowest BCUT2D eigenvalue weighted by Gasteiger charge is -2.03. The van der Waals surface area contributed by atoms with Gasteiger partial charge < -0.3 is 5.73 Å². The van der Waals surface area contributed by atoms with Gasteiger partial charge in [0.1, 0.15) is 22.9 Å². The van der Waals surface area contributed by atoms with E-state index in [4.69, 9.17) is 11.1 Å². The van der Waals surface area contributed by atoms with Gasteiger partial charge in [-0.05, 0) is 17.7 Å². The summed E-state index contributed by atoms with van der Waals surface area (Å²) < 4.78 is 15.6. The normalized spacial score (nSPS) is 10.8. The number of halogens is 1. The number of aromatic nitrogens is 3. The molecule has 5 nitrogen and oxygen atoms in total. The van der Waals surface area contributed by atoms with Gasteiger partial charge in [0.05, 0.1) is 6.54 Å². The minimum atomic E-state index is -0.383. The van der Waals surface area contributed by atoms with Crippen molar-refractivity contribution in [1.29, 1.82) is 5.41 Å². The number of rotatable bonds is 3. The molecule has 0 spiro atoms. The molecule has 2 aromatic heterocycles. The van der Waals surface area contributed by atoms with Crippen molar-refractivity contribution in [2.24, 2.45) is 5.73 Å². The second-order valence-electron chi connectivity index (χ2n) is 4.42. The number of hydrogen-bond donors (Lipinski definition) is 2. The molecular formula is C14H12FN5. The van der Waals surface area contributed by atoms with Crippen LogP contribution in [0.25, 0.3) is 10.9 Å². The molecule has 0 aliphatic rings. The second kappa shape index (κ2) is 4.73. The van der Waals surface area contributed by atoms with Crippen LogP contribution < -0.4 is 5.73 Å². The predicted molar refractivity (Wildman–Crippen MR) is 74.0 cm³/mol. The second-order valence-corrected chi connectivity index (χ2v) is 4.42. The Bertz CT molecular complexity index is 779. The van der Waals surface area contributed by atoms with E-state index in [-0.39, 0.29) is 11.7 Å². The first-order valence-corrected chi connectivity index (χ1v) is 6.05. The molecule has 0 amide bonds. The summed E-state index contributed by atoms with van der Waals surface area (Å²) >= 11 is 0. The molecule has 0 fully saturated rings. The van der Waals surface area contributed by atoms with Crippen molar-refractivity contribution < 1.29 is 4.39 Å². The summed E-state index contributed by atoms with van der Waals surface area (Å²) in [5.41, 5.74) is 7.05. The molecule has 0 saturated carbocycles. The van der Waals surface area contributed by atoms with Crippen molar-refractivity contribution in [1.82, 2.24) is 14.8 Å². The third kappa shape index (κ3) is 2.01. The first kappa shape index (κ1) is 12.3. The maximum atomic E-state index is 14.0. The number of pyridine rings is 1. The molecule has 0 aliphatic heterocycles. The average Bonchev–Trinajstić information content (AvgIpc) is 2.80. The highest BCUT2D eigenvalue weighted by Gasteiger charge is 2.15. The Hall–Kier alpha value is -2.76. The van der Waals surface area contributed by atoms with Crippen LogP contribution in [0, 0.1) is 11.2 Å². The number of benzene rings is 1. The van der Waals surface area contributed by atoms with E-state index < -0.39 is 0 Å². The lowest BCUT2D eigenvalue weighted by atomic mass is 10.2. The number of amidine groups is 1. The monoisotopic (exact) mass is 269 g/mol. The predicted octanol–water partition coefficient (Wildman–Crippen LogP) is 1.90. The number of fused-ring (bicyclic) bond motifs is 1. The zero-order valence-electron chi connectivity index (χ0n) is 10.5. The Balaban J connectivity index is 2.18. The summed E-state index contributed by atoms with van der Waals surface area (Å²) in [6.45, 7) is 0.374. The van der Waals surface area contributed by atoms with Crippen LogP contribution in [0.15, 0.2) is 42.7 Å². The van der Waals surface area contributed by atoms with E-state index in [1.165, 1.54) is 10.7 Å². The standard InChI is InChI=1S/C14H12FN5/c15-11-5-1-4-10-12(14(16)17)19-20(13(10)11)8-9-3-2-6-18-7-9/h1-7H,8H2,(H3,16,17). The molecular weight excluding hydrogens is 257 g/mol. The minimum Gasteiger partial charge on any atom is -0.382 e. The van der Waals surface area contributed by atoms with Crippen LogP contribution in [0.3, 0.4) is 0 Å². The smallest absolute Gasteiger partial charge is 0.149 e. The molecule has 0 aliphatic carbocycles. The van der Waals surface area contributed by atoms with Crippen LogP contribution in [0.1, 0.15) is 11.3 Å². The van der Waals surface area contributed by atoms with E-state index in [0.717, 1.165) is 5.56 Å². The van der Waals surface area contributed by atoms with Crippen LogP contribution >= 0.6 is 0 Å². The number of nitrogens with two attached hydrogens (primary N) is 1. The maximum Gasteiger partial charge on any atom is 0.149 e. The fourth-order valence-electron chi connectivity index (χ4n) is 2.17. The van der Waals surface area contributed by atoms with Crippen molar-refractivity contribution >= 4 is 16.7 Å². The lowest BCUT2D eigenvalue weighted by molar-refractivity contribution is 0.615. The van der Waals surface area contributed by atoms with E-state index in [1.54, 1.807) is 24.5 Å². The molecule has 100 valence electrons. The molecule has 3 N–H and O–H groups in total. The van der Waals surface area contributed by atoms with Gasteiger partial charge in [0.2, 0.25) is 0 Å². The number of para-hydroxylation sites is 1. The van der Waals surface area contributed by atoms with Gasteiger partial charge in [0.25, 0.3) is 0 Å². The zero-order valence-corrected chi connectivity index (χ0v) is 10.5. The van der Waals surface area contributed by atoms with Gasteiger partial charge in [0.15, 0.2) is 0 Å². The van der Waals surface area contributed by atoms with Crippen LogP contribution in [0.2, 0.25) is 0 Å². The van der Waals surface area contributed by atoms with E-state index in [2.05, 4.69) is 10.1 Å². The van der Waals surface area contributed by atoms with E-state index in [1.807, 2.05) is 12.1 Å². The van der Waals surface area contributed by atoms with Crippen molar-refractivity contribution in [2.75, 3.05) is 0 Å². The van der Waals surface area contributed by atoms with Crippen molar-refractivity contribution in [2.45, 2.75) is 6.54 Å². The summed E-state index contributed by atoms with van der Waals surface area (Å²) in [4.78, 5) is 4.02. The SMILES string of the molecule is N=C(N)c1nn(Cc2cccnc2)c2c(F)cccc12. The quantitative estimate of drug-likeness (QED) is 0.563. The van der Waals surface area contributed by atoms with Crippen LogP contribution in [-0.2, 0) is 6.54 Å². The number of hydrogen-bond acceptors (Lipinski definition) is 3. The molecule has 0 radical (unpaired) electrons. The van der Waals surface area contributed by atoms with Gasteiger partial charge in [0, 0.05) is 17.8 Å². The third-order valence-corrected chi connectivity index (χ3v) is 3.03. The maximum absolute atomic E-state index is 14.0. The molecule has 1 aromatic carbocycles. The van der Waals surface area contributed by atoms with Gasteiger partial charge >= 0.3 is 0 Å². The van der Waals surface area contributed by atoms with Gasteiger partial charge in [-0.2, -0.15) is 5.10 Å². The Morgan fingerprint density at radius 2 is 2.15 bits per heavy atom. The topological polar surface area (TPSA) is 80.6 Å². The van der Waals surface area contributed by atoms with Crippen molar-refractivity contribution in [3.05, 3.63) is 59.8 Å². The number of nitrogen functional groups attached to an aromatic ring is 1. The highest BCUT2D eigenvalue weighted by atomic mass is 19.1. The van der Waals surface area contributed by atoms with Crippen LogP contribution in [-0.4, -0.2) is 20.6 Å². The Labute approximate surface area is 114 Å². The summed E-state index contributed by atoms with van der Waals surface area (Å²) in [6.07, 6.45) is 3.37. The van der Waals surface area contributed by atoms with Crippen molar-refractivity contribution in [3.63, 3.8) is 0 Å². The molecule has 6 heteroatoms. The zero-order chi connectivity index (χ0) is 14.1. The Kier molecular flexibility index (Phi) is 2.90. The number of nitrogens with one attached hydrogen (secondary N) is 1. The fraction of sp³-hybridized carbons (Fsp3) is 0.0714. The third-order valence-electron chi connectivity index (χ3n) is 3.03. The fourth-order valence-corrected chi connectivity index (χ4v) is 2.17. The average molecular weight is 269 g/mol. The number of nitrogens with zero attached hydrogens (tertiary/aromatic N) is 3. The summed E-state index contributed by atoms with van der Waals surface area (Å²) in [7, 11) is 0. The van der Waals surface area contributed by atoms with Crippen LogP contribution in [0.5, 0.6) is 0 Å². The molecule has 0 bridgehead atoms. The van der Waals surface area contributed by atoms with E-state index in [0.29, 0.717) is 23.1 Å². The summed E-state index contributed by atoms with van der Waals surface area (Å²) in [5.74, 6) is -0.558. The Morgan fingerprint density at radius 1 is 1.30 bits per heavy atom. The summed E-state index contributed by atoms with van der Waals surface area (Å²) in [6, 6.07) is 8.35. The van der Waals surface area contributed by atoms with Crippen molar-refractivity contribution in [3.8, 4) is 0 Å². The first-order valence-electron chi connectivity index (χ1n) is 6.05. The molecule has 3 rings (SSSR count). The molecule has 20 heavy (non-hydrogen) atoms. The molecule has 0 atom stereocenters. The molecule has 3 aromatic rings. The van der Waals surface area contributed by atoms with E-state index in [9.17, 15) is 4.39 Å². The lowest BCUT2D eigenvalue weighted by Crippen LogP contribution is -2.13. The Morgan fingerprint density at radius 3 is 2.85 bits per heavy atom. The molecule has 0 saturated heterocycles. The summed E-state index contributed by atoms with van der Waals surface area (Å²) in [5, 5.41) is 12.3. The van der Waals surface area contributed by atoms with E-state index >= 15 is 0 Å².